The normalized spacial score (nSPS) is 11.4. The van der Waals surface area contributed by atoms with Gasteiger partial charge in [0.15, 0.2) is 0 Å². The van der Waals surface area contributed by atoms with Crippen molar-refractivity contribution in [1.82, 2.24) is 9.62 Å². The summed E-state index contributed by atoms with van der Waals surface area (Å²) in [6.07, 6.45) is 1.06. The number of nitrogens with zero attached hydrogens (tertiary/aromatic N) is 1. The molecule has 0 spiro atoms. The van der Waals surface area contributed by atoms with E-state index >= 15 is 0 Å². The molecule has 0 saturated carbocycles. The Morgan fingerprint density at radius 3 is 2.32 bits per heavy atom. The number of ether oxygens (including phenoxy) is 1. The second-order valence-electron chi connectivity index (χ2n) is 5.77. The predicted octanol–water partition coefficient (Wildman–Crippen LogP) is 2.29. The standard InChI is InChI=1S/C18H22N2O4S/c1-14-8-4-6-10-16(14)24-17-11-7-5-9-15(17)12-19-18(21)13-20(2)25(3,22)23/h4-11H,12-13H2,1-3H3,(H,19,21). The van der Waals surface area contributed by atoms with Crippen molar-refractivity contribution in [1.29, 1.82) is 0 Å². The molecule has 0 fully saturated rings. The van der Waals surface area contributed by atoms with Gasteiger partial charge in [0.25, 0.3) is 0 Å². The van der Waals surface area contributed by atoms with Gasteiger partial charge in [0.05, 0.1) is 12.8 Å². The third-order valence-corrected chi connectivity index (χ3v) is 4.96. The van der Waals surface area contributed by atoms with Gasteiger partial charge in [0.2, 0.25) is 15.9 Å². The zero-order valence-corrected chi connectivity index (χ0v) is 15.3. The number of hydrogen-bond donors (Lipinski definition) is 1. The van der Waals surface area contributed by atoms with Crippen LogP contribution in [0.3, 0.4) is 0 Å². The molecule has 2 aromatic carbocycles. The Bertz CT molecular complexity index is 850. The van der Waals surface area contributed by atoms with Crippen LogP contribution in [0.2, 0.25) is 0 Å². The minimum atomic E-state index is -3.39. The van der Waals surface area contributed by atoms with Crippen LogP contribution in [0.4, 0.5) is 0 Å². The van der Waals surface area contributed by atoms with Crippen LogP contribution < -0.4 is 10.1 Å². The van der Waals surface area contributed by atoms with Crippen LogP contribution in [0.15, 0.2) is 48.5 Å². The molecule has 0 saturated heterocycles. The Morgan fingerprint density at radius 1 is 1.08 bits per heavy atom. The first-order chi connectivity index (χ1) is 11.8. The van der Waals surface area contributed by atoms with Gasteiger partial charge in [-0.2, -0.15) is 4.31 Å². The minimum Gasteiger partial charge on any atom is -0.457 e. The average Bonchev–Trinajstić information content (AvgIpc) is 2.55. The summed E-state index contributed by atoms with van der Waals surface area (Å²) in [6.45, 7) is 1.99. The molecule has 0 aliphatic rings. The molecule has 25 heavy (non-hydrogen) atoms. The summed E-state index contributed by atoms with van der Waals surface area (Å²) in [5.74, 6) is 1.02. The maximum Gasteiger partial charge on any atom is 0.235 e. The summed E-state index contributed by atoms with van der Waals surface area (Å²) in [7, 11) is -2.02. The van der Waals surface area contributed by atoms with Gasteiger partial charge >= 0.3 is 0 Å². The number of aryl methyl sites for hydroxylation is 1. The van der Waals surface area contributed by atoms with Crippen LogP contribution in [0.1, 0.15) is 11.1 Å². The lowest BCUT2D eigenvalue weighted by atomic mass is 10.2. The van der Waals surface area contributed by atoms with Crippen molar-refractivity contribution in [3.63, 3.8) is 0 Å². The first-order valence-electron chi connectivity index (χ1n) is 7.77. The molecular weight excluding hydrogens is 340 g/mol. The van der Waals surface area contributed by atoms with E-state index in [2.05, 4.69) is 5.32 Å². The topological polar surface area (TPSA) is 75.7 Å². The fourth-order valence-electron chi connectivity index (χ4n) is 2.11. The highest BCUT2D eigenvalue weighted by Gasteiger charge is 2.15. The van der Waals surface area contributed by atoms with E-state index in [0.29, 0.717) is 5.75 Å². The molecule has 0 aliphatic carbocycles. The van der Waals surface area contributed by atoms with Gasteiger partial charge in [0, 0.05) is 19.2 Å². The van der Waals surface area contributed by atoms with E-state index in [4.69, 9.17) is 4.74 Å². The van der Waals surface area contributed by atoms with E-state index in [1.807, 2.05) is 55.5 Å². The molecule has 7 heteroatoms. The Balaban J connectivity index is 2.04. The molecule has 0 aromatic heterocycles. The molecule has 1 N–H and O–H groups in total. The summed E-state index contributed by atoms with van der Waals surface area (Å²) in [4.78, 5) is 11.9. The molecule has 0 unspecified atom stereocenters. The number of amides is 1. The van der Waals surface area contributed by atoms with Crippen LogP contribution in [-0.4, -0.2) is 38.5 Å². The summed E-state index contributed by atoms with van der Waals surface area (Å²) < 4.78 is 29.7. The number of carbonyl (C=O) groups is 1. The fraction of sp³-hybridized carbons (Fsp3) is 0.278. The number of rotatable bonds is 7. The first kappa shape index (κ1) is 19.0. The lowest BCUT2D eigenvalue weighted by Gasteiger charge is -2.15. The molecule has 0 radical (unpaired) electrons. The Kier molecular flexibility index (Phi) is 6.17. The number of sulfonamides is 1. The highest BCUT2D eigenvalue weighted by Crippen LogP contribution is 2.27. The molecule has 134 valence electrons. The molecule has 0 bridgehead atoms. The number of benzene rings is 2. The SMILES string of the molecule is Cc1ccccc1Oc1ccccc1CNC(=O)CN(C)S(C)(=O)=O. The van der Waals surface area contributed by atoms with Gasteiger partial charge in [-0.15, -0.1) is 0 Å². The van der Waals surface area contributed by atoms with E-state index in [-0.39, 0.29) is 19.0 Å². The number of nitrogens with one attached hydrogen (secondary N) is 1. The van der Waals surface area contributed by atoms with Gasteiger partial charge < -0.3 is 10.1 Å². The van der Waals surface area contributed by atoms with Crippen molar-refractivity contribution >= 4 is 15.9 Å². The lowest BCUT2D eigenvalue weighted by Crippen LogP contribution is -2.37. The predicted molar refractivity (Wildman–Crippen MR) is 97.0 cm³/mol. The average molecular weight is 362 g/mol. The summed E-state index contributed by atoms with van der Waals surface area (Å²) >= 11 is 0. The molecule has 2 rings (SSSR count). The Morgan fingerprint density at radius 2 is 1.68 bits per heavy atom. The number of hydrogen-bond acceptors (Lipinski definition) is 4. The third kappa shape index (κ3) is 5.58. The van der Waals surface area contributed by atoms with Crippen molar-refractivity contribution in [2.24, 2.45) is 0 Å². The van der Waals surface area contributed by atoms with Crippen molar-refractivity contribution in [3.05, 3.63) is 59.7 Å². The molecule has 0 atom stereocenters. The van der Waals surface area contributed by atoms with Crippen molar-refractivity contribution < 1.29 is 17.9 Å². The maximum atomic E-state index is 11.9. The van der Waals surface area contributed by atoms with Gasteiger partial charge in [-0.3, -0.25) is 4.79 Å². The van der Waals surface area contributed by atoms with Gasteiger partial charge in [-0.1, -0.05) is 36.4 Å². The highest BCUT2D eigenvalue weighted by molar-refractivity contribution is 7.88. The van der Waals surface area contributed by atoms with Crippen LogP contribution in [0.5, 0.6) is 11.5 Å². The van der Waals surface area contributed by atoms with Gasteiger partial charge in [-0.05, 0) is 24.6 Å². The van der Waals surface area contributed by atoms with E-state index in [1.54, 1.807) is 0 Å². The van der Waals surface area contributed by atoms with Gasteiger partial charge in [0.1, 0.15) is 11.5 Å². The Labute approximate surface area is 148 Å². The van der Waals surface area contributed by atoms with Crippen molar-refractivity contribution in [2.45, 2.75) is 13.5 Å². The van der Waals surface area contributed by atoms with E-state index in [9.17, 15) is 13.2 Å². The molecule has 0 aliphatic heterocycles. The maximum absolute atomic E-state index is 11.9. The smallest absolute Gasteiger partial charge is 0.235 e. The zero-order chi connectivity index (χ0) is 18.4. The zero-order valence-electron chi connectivity index (χ0n) is 14.5. The first-order valence-corrected chi connectivity index (χ1v) is 9.61. The number of likely N-dealkylation sites (N-methyl/N-ethyl adjacent to an activating group) is 1. The van der Waals surface area contributed by atoms with Crippen LogP contribution in [0.25, 0.3) is 0 Å². The molecule has 6 nitrogen and oxygen atoms in total. The quantitative estimate of drug-likeness (QED) is 0.820. The second kappa shape index (κ2) is 8.13. The lowest BCUT2D eigenvalue weighted by molar-refractivity contribution is -0.121. The summed E-state index contributed by atoms with van der Waals surface area (Å²) in [5.41, 5.74) is 1.82. The van der Waals surface area contributed by atoms with Crippen LogP contribution in [-0.2, 0) is 21.4 Å². The molecule has 2 aromatic rings. The van der Waals surface area contributed by atoms with Crippen molar-refractivity contribution in [3.8, 4) is 11.5 Å². The molecule has 1 amide bonds. The van der Waals surface area contributed by atoms with Crippen LogP contribution >= 0.6 is 0 Å². The number of carbonyl (C=O) groups excluding carboxylic acids is 1. The van der Waals surface area contributed by atoms with E-state index < -0.39 is 10.0 Å². The second-order valence-corrected chi connectivity index (χ2v) is 7.86. The van der Waals surface area contributed by atoms with E-state index in [1.165, 1.54) is 7.05 Å². The van der Waals surface area contributed by atoms with Crippen molar-refractivity contribution in [2.75, 3.05) is 19.8 Å². The monoisotopic (exact) mass is 362 g/mol. The molecule has 0 heterocycles. The summed E-state index contributed by atoms with van der Waals surface area (Å²) in [5, 5.41) is 2.72. The third-order valence-electron chi connectivity index (χ3n) is 3.69. The van der Waals surface area contributed by atoms with E-state index in [0.717, 1.165) is 27.4 Å². The number of para-hydroxylation sites is 2. The molecular formula is C18H22N2O4S. The minimum absolute atomic E-state index is 0.223. The van der Waals surface area contributed by atoms with Gasteiger partial charge in [-0.25, -0.2) is 8.42 Å². The largest absolute Gasteiger partial charge is 0.457 e. The fourth-order valence-corrected chi connectivity index (χ4v) is 2.46. The highest BCUT2D eigenvalue weighted by atomic mass is 32.2. The summed E-state index contributed by atoms with van der Waals surface area (Å²) in [6, 6.07) is 15.1. The van der Waals surface area contributed by atoms with Crippen LogP contribution in [0, 0.1) is 6.92 Å². The Hall–Kier alpha value is -2.38.